The van der Waals surface area contributed by atoms with Crippen LogP contribution < -0.4 is 5.32 Å². The summed E-state index contributed by atoms with van der Waals surface area (Å²) in [5, 5.41) is 11.3. The third-order valence-electron chi connectivity index (χ3n) is 3.22. The van der Waals surface area contributed by atoms with Crippen LogP contribution >= 0.6 is 12.6 Å². The van der Waals surface area contributed by atoms with Crippen LogP contribution in [0.1, 0.15) is 42.6 Å². The highest BCUT2D eigenvalue weighted by atomic mass is 32.1. The van der Waals surface area contributed by atoms with Gasteiger partial charge < -0.3 is 10.4 Å². The van der Waals surface area contributed by atoms with Crippen molar-refractivity contribution >= 4 is 30.2 Å². The van der Waals surface area contributed by atoms with Gasteiger partial charge in [-0.15, -0.1) is 0 Å². The van der Waals surface area contributed by atoms with E-state index in [-0.39, 0.29) is 11.5 Å². The van der Waals surface area contributed by atoms with Crippen molar-refractivity contribution in [3.63, 3.8) is 0 Å². The van der Waals surface area contributed by atoms with Gasteiger partial charge in [-0.05, 0) is 43.0 Å². The first-order chi connectivity index (χ1) is 9.33. The third-order valence-corrected chi connectivity index (χ3v) is 3.66. The lowest BCUT2D eigenvalue weighted by molar-refractivity contribution is -0.115. The molecule has 0 bridgehead atoms. The number of carboxylic acid groups (broad SMARTS) is 1. The molecule has 20 heavy (non-hydrogen) atoms. The molecule has 1 amide bonds. The summed E-state index contributed by atoms with van der Waals surface area (Å²) in [6.07, 6.45) is 1.70. The molecule has 0 aliphatic rings. The highest BCUT2D eigenvalue weighted by Crippen LogP contribution is 2.18. The highest BCUT2D eigenvalue weighted by Gasteiger charge is 2.17. The largest absolute Gasteiger partial charge is 0.478 e. The van der Waals surface area contributed by atoms with Gasteiger partial charge in [-0.25, -0.2) is 4.79 Å². The number of anilines is 1. The van der Waals surface area contributed by atoms with E-state index in [4.69, 9.17) is 5.11 Å². The van der Waals surface area contributed by atoms with Crippen LogP contribution in [0.15, 0.2) is 18.2 Å². The van der Waals surface area contributed by atoms with Gasteiger partial charge in [-0.1, -0.05) is 20.3 Å². The average molecular weight is 295 g/mol. The monoisotopic (exact) mass is 295 g/mol. The molecule has 4 nitrogen and oxygen atoms in total. The van der Waals surface area contributed by atoms with Crippen molar-refractivity contribution in [1.29, 1.82) is 0 Å². The number of hydrogen-bond acceptors (Lipinski definition) is 3. The fourth-order valence-electron chi connectivity index (χ4n) is 1.86. The molecule has 0 saturated heterocycles. The number of carboxylic acids is 1. The van der Waals surface area contributed by atoms with Crippen molar-refractivity contribution in [2.24, 2.45) is 5.92 Å². The molecule has 0 spiro atoms. The smallest absolute Gasteiger partial charge is 0.335 e. The summed E-state index contributed by atoms with van der Waals surface area (Å²) in [4.78, 5) is 23.0. The molecule has 0 aliphatic carbocycles. The second-order valence-electron chi connectivity index (χ2n) is 5.15. The Morgan fingerprint density at radius 1 is 1.35 bits per heavy atom. The molecule has 0 radical (unpaired) electrons. The number of carbonyl (C=O) groups excluding carboxylic acids is 1. The molecule has 1 aromatic carbocycles. The number of aryl methyl sites for hydroxylation is 1. The normalized spacial score (nSPS) is 13.6. The van der Waals surface area contributed by atoms with Crippen LogP contribution in [0, 0.1) is 12.8 Å². The minimum atomic E-state index is -1.01. The molecule has 1 rings (SSSR count). The summed E-state index contributed by atoms with van der Waals surface area (Å²) < 4.78 is 0. The summed E-state index contributed by atoms with van der Waals surface area (Å²) in [7, 11) is 0. The van der Waals surface area contributed by atoms with Crippen LogP contribution in [0.4, 0.5) is 5.69 Å². The Morgan fingerprint density at radius 2 is 2.00 bits per heavy atom. The Kier molecular flexibility index (Phi) is 6.07. The zero-order valence-corrected chi connectivity index (χ0v) is 12.9. The zero-order valence-electron chi connectivity index (χ0n) is 12.0. The van der Waals surface area contributed by atoms with Crippen LogP contribution in [0.5, 0.6) is 0 Å². The maximum absolute atomic E-state index is 12.0. The van der Waals surface area contributed by atoms with Gasteiger partial charge >= 0.3 is 5.97 Å². The fourth-order valence-corrected chi connectivity index (χ4v) is 2.28. The van der Waals surface area contributed by atoms with E-state index in [0.29, 0.717) is 18.0 Å². The number of aromatic carboxylic acids is 1. The lowest BCUT2D eigenvalue weighted by Crippen LogP contribution is -2.25. The van der Waals surface area contributed by atoms with E-state index in [1.165, 1.54) is 6.07 Å². The first-order valence-electron chi connectivity index (χ1n) is 6.67. The molecule has 2 N–H and O–H groups in total. The topological polar surface area (TPSA) is 66.4 Å². The fraction of sp³-hybridized carbons (Fsp3) is 0.467. The number of thiol groups is 1. The van der Waals surface area contributed by atoms with Gasteiger partial charge in [0.05, 0.1) is 10.8 Å². The Morgan fingerprint density at radius 3 is 2.55 bits per heavy atom. The second kappa shape index (κ2) is 7.33. The summed E-state index contributed by atoms with van der Waals surface area (Å²) >= 11 is 4.31. The Labute approximate surface area is 125 Å². The number of rotatable bonds is 6. The first kappa shape index (κ1) is 16.6. The number of amides is 1. The molecule has 0 heterocycles. The number of carbonyl (C=O) groups is 2. The van der Waals surface area contributed by atoms with E-state index in [9.17, 15) is 9.59 Å². The molecular weight excluding hydrogens is 274 g/mol. The zero-order chi connectivity index (χ0) is 15.3. The molecule has 0 fully saturated rings. The standard InChI is InChI=1S/C15H21NO3S/c1-4-9(2)7-13(20)14(17)16-12-6-10(3)5-11(8-12)15(18)19/h5-6,8-9,13,20H,4,7H2,1-3H3,(H,16,17)(H,18,19). The lowest BCUT2D eigenvalue weighted by Gasteiger charge is -2.15. The molecule has 110 valence electrons. The van der Waals surface area contributed by atoms with Crippen LogP contribution in [0.2, 0.25) is 0 Å². The van der Waals surface area contributed by atoms with Gasteiger partial charge in [0.25, 0.3) is 0 Å². The van der Waals surface area contributed by atoms with E-state index >= 15 is 0 Å². The molecular formula is C15H21NO3S. The van der Waals surface area contributed by atoms with E-state index < -0.39 is 11.2 Å². The van der Waals surface area contributed by atoms with Crippen molar-refractivity contribution in [1.82, 2.24) is 0 Å². The van der Waals surface area contributed by atoms with Crippen molar-refractivity contribution in [3.8, 4) is 0 Å². The number of nitrogens with one attached hydrogen (secondary N) is 1. The SMILES string of the molecule is CCC(C)CC(S)C(=O)Nc1cc(C)cc(C(=O)O)c1. The molecule has 2 unspecified atom stereocenters. The maximum Gasteiger partial charge on any atom is 0.335 e. The van der Waals surface area contributed by atoms with Gasteiger partial charge in [-0.2, -0.15) is 12.6 Å². The lowest BCUT2D eigenvalue weighted by atomic mass is 10.0. The number of benzene rings is 1. The predicted molar refractivity (Wildman–Crippen MR) is 83.6 cm³/mol. The first-order valence-corrected chi connectivity index (χ1v) is 7.19. The summed E-state index contributed by atoms with van der Waals surface area (Å²) in [6, 6.07) is 4.76. The van der Waals surface area contributed by atoms with Gasteiger partial charge in [0, 0.05) is 5.69 Å². The van der Waals surface area contributed by atoms with Crippen molar-refractivity contribution in [2.45, 2.75) is 38.9 Å². The van der Waals surface area contributed by atoms with Crippen LogP contribution in [-0.2, 0) is 4.79 Å². The Bertz CT molecular complexity index is 502. The highest BCUT2D eigenvalue weighted by molar-refractivity contribution is 7.81. The van der Waals surface area contributed by atoms with E-state index in [1.54, 1.807) is 19.1 Å². The summed E-state index contributed by atoms with van der Waals surface area (Å²) in [5.41, 5.74) is 1.45. The number of hydrogen-bond donors (Lipinski definition) is 3. The van der Waals surface area contributed by atoms with E-state index in [1.807, 2.05) is 0 Å². The minimum absolute atomic E-state index is 0.165. The van der Waals surface area contributed by atoms with Crippen molar-refractivity contribution in [3.05, 3.63) is 29.3 Å². The average Bonchev–Trinajstić information content (AvgIpc) is 2.37. The van der Waals surface area contributed by atoms with Gasteiger partial charge in [0.15, 0.2) is 0 Å². The second-order valence-corrected chi connectivity index (χ2v) is 5.77. The summed E-state index contributed by atoms with van der Waals surface area (Å²) in [5.74, 6) is -0.780. The molecule has 0 saturated carbocycles. The van der Waals surface area contributed by atoms with Crippen molar-refractivity contribution in [2.75, 3.05) is 5.32 Å². The van der Waals surface area contributed by atoms with Crippen LogP contribution in [0.3, 0.4) is 0 Å². The van der Waals surface area contributed by atoms with E-state index in [0.717, 1.165) is 12.0 Å². The van der Waals surface area contributed by atoms with Crippen molar-refractivity contribution < 1.29 is 14.7 Å². The summed E-state index contributed by atoms with van der Waals surface area (Å²) in [6.45, 7) is 5.94. The quantitative estimate of drug-likeness (QED) is 0.705. The minimum Gasteiger partial charge on any atom is -0.478 e. The third kappa shape index (κ3) is 4.89. The van der Waals surface area contributed by atoms with E-state index in [2.05, 4.69) is 31.8 Å². The van der Waals surface area contributed by atoms with Gasteiger partial charge in [0.2, 0.25) is 5.91 Å². The Balaban J connectivity index is 2.77. The molecule has 0 aliphatic heterocycles. The Hall–Kier alpha value is -1.49. The molecule has 2 atom stereocenters. The maximum atomic E-state index is 12.0. The molecule has 0 aromatic heterocycles. The molecule has 1 aromatic rings. The van der Waals surface area contributed by atoms with Crippen LogP contribution in [-0.4, -0.2) is 22.2 Å². The molecule has 5 heteroatoms. The predicted octanol–water partition coefficient (Wildman–Crippen LogP) is 3.37. The van der Waals surface area contributed by atoms with Gasteiger partial charge in [-0.3, -0.25) is 4.79 Å². The van der Waals surface area contributed by atoms with Crippen LogP contribution in [0.25, 0.3) is 0 Å². The van der Waals surface area contributed by atoms with Gasteiger partial charge in [0.1, 0.15) is 0 Å².